The van der Waals surface area contributed by atoms with Crippen LogP contribution in [0.2, 0.25) is 10.6 Å². The van der Waals surface area contributed by atoms with Gasteiger partial charge in [-0.15, -0.1) is 0 Å². The number of hydrogen-bond donors (Lipinski definition) is 2. The second-order valence-corrected chi connectivity index (χ2v) is 5.72. The minimum Gasteiger partial charge on any atom is -0.354 e. The summed E-state index contributed by atoms with van der Waals surface area (Å²) in [5, 5.41) is 2.76. The number of nitrogens with one attached hydrogen (secondary N) is 2. The third kappa shape index (κ3) is 5.44. The molecule has 0 unspecified atom stereocenters. The predicted octanol–water partition coefficient (Wildman–Crippen LogP) is 0.530. The Morgan fingerprint density at radius 2 is 1.76 bits per heavy atom. The fourth-order valence-electron chi connectivity index (χ4n) is 0.969. The Kier molecular flexibility index (Phi) is 5.31. The Labute approximate surface area is 109 Å². The molecule has 0 bridgehead atoms. The zero-order chi connectivity index (χ0) is 12.9. The normalized spacial score (nSPS) is 11.5. The molecule has 2 N–H and O–H groups in total. The fraction of sp³-hybridized carbons (Fsp3) is 0.571. The van der Waals surface area contributed by atoms with Crippen molar-refractivity contribution < 1.29 is 8.42 Å². The van der Waals surface area contributed by atoms with Crippen molar-refractivity contribution in [3.63, 3.8) is 0 Å². The van der Waals surface area contributed by atoms with Crippen LogP contribution in [-0.4, -0.2) is 42.7 Å². The van der Waals surface area contributed by atoms with Crippen LogP contribution in [0.15, 0.2) is 0 Å². The van der Waals surface area contributed by atoms with Crippen LogP contribution in [0.1, 0.15) is 6.42 Å². The van der Waals surface area contributed by atoms with Gasteiger partial charge in [0.1, 0.15) is 0 Å². The number of rotatable bonds is 6. The van der Waals surface area contributed by atoms with Crippen molar-refractivity contribution in [2.75, 3.05) is 24.7 Å². The molecule has 0 radical (unpaired) electrons. The van der Waals surface area contributed by atoms with E-state index < -0.39 is 10.0 Å². The molecule has 0 aromatic carbocycles. The van der Waals surface area contributed by atoms with Gasteiger partial charge in [-0.2, -0.15) is 15.0 Å². The van der Waals surface area contributed by atoms with Gasteiger partial charge in [-0.05, 0) is 36.7 Å². The van der Waals surface area contributed by atoms with Gasteiger partial charge in [0.2, 0.25) is 26.5 Å². The number of sulfonamides is 1. The molecule has 0 spiro atoms. The number of nitrogens with zero attached hydrogens (tertiary/aromatic N) is 3. The fourth-order valence-corrected chi connectivity index (χ4v) is 2.06. The first-order valence-electron chi connectivity index (χ1n) is 4.65. The third-order valence-electron chi connectivity index (χ3n) is 1.76. The van der Waals surface area contributed by atoms with Gasteiger partial charge in [-0.1, -0.05) is 0 Å². The van der Waals surface area contributed by atoms with Crippen LogP contribution in [0.25, 0.3) is 0 Å². The highest BCUT2D eigenvalue weighted by Gasteiger charge is 2.06. The van der Waals surface area contributed by atoms with E-state index in [1.165, 1.54) is 7.05 Å². The lowest BCUT2D eigenvalue weighted by Gasteiger charge is -2.05. The molecule has 0 atom stereocenters. The average molecular weight is 300 g/mol. The summed E-state index contributed by atoms with van der Waals surface area (Å²) >= 11 is 11.1. The van der Waals surface area contributed by atoms with E-state index in [0.717, 1.165) is 0 Å². The molecular weight excluding hydrogens is 289 g/mol. The van der Waals surface area contributed by atoms with E-state index >= 15 is 0 Å². The van der Waals surface area contributed by atoms with E-state index in [9.17, 15) is 8.42 Å². The van der Waals surface area contributed by atoms with Crippen LogP contribution in [0.4, 0.5) is 5.95 Å². The van der Waals surface area contributed by atoms with Gasteiger partial charge in [0.05, 0.1) is 5.75 Å². The number of aromatic nitrogens is 3. The monoisotopic (exact) mass is 299 g/mol. The van der Waals surface area contributed by atoms with Crippen molar-refractivity contribution >= 4 is 39.2 Å². The predicted molar refractivity (Wildman–Crippen MR) is 65.8 cm³/mol. The van der Waals surface area contributed by atoms with Crippen LogP contribution < -0.4 is 10.0 Å². The van der Waals surface area contributed by atoms with Crippen molar-refractivity contribution in [1.29, 1.82) is 0 Å². The van der Waals surface area contributed by atoms with Gasteiger partial charge < -0.3 is 5.32 Å². The van der Waals surface area contributed by atoms with E-state index in [2.05, 4.69) is 25.0 Å². The summed E-state index contributed by atoms with van der Waals surface area (Å²) in [6.45, 7) is 0.386. The van der Waals surface area contributed by atoms with Gasteiger partial charge in [-0.3, -0.25) is 0 Å². The lowest BCUT2D eigenvalue weighted by Crippen LogP contribution is -2.23. The van der Waals surface area contributed by atoms with Crippen molar-refractivity contribution in [3.05, 3.63) is 10.6 Å². The Hall–Kier alpha value is -0.700. The van der Waals surface area contributed by atoms with Crippen LogP contribution in [0, 0.1) is 0 Å². The molecular formula is C7H11Cl2N5O2S. The maximum atomic E-state index is 11.1. The molecule has 10 heteroatoms. The molecule has 1 aromatic rings. The van der Waals surface area contributed by atoms with Crippen molar-refractivity contribution in [3.8, 4) is 0 Å². The largest absolute Gasteiger partial charge is 0.354 e. The van der Waals surface area contributed by atoms with Crippen LogP contribution in [-0.2, 0) is 10.0 Å². The highest BCUT2D eigenvalue weighted by molar-refractivity contribution is 7.89. The highest BCUT2D eigenvalue weighted by Crippen LogP contribution is 2.09. The van der Waals surface area contributed by atoms with Gasteiger partial charge in [0, 0.05) is 6.54 Å². The first kappa shape index (κ1) is 14.4. The molecule has 0 amide bonds. The molecule has 0 aliphatic heterocycles. The molecule has 1 heterocycles. The minimum absolute atomic E-state index is 0.0169. The van der Waals surface area contributed by atoms with E-state index in [0.29, 0.717) is 13.0 Å². The first-order chi connectivity index (χ1) is 7.93. The lowest BCUT2D eigenvalue weighted by molar-refractivity contribution is 0.586. The van der Waals surface area contributed by atoms with Crippen molar-refractivity contribution in [2.45, 2.75) is 6.42 Å². The van der Waals surface area contributed by atoms with Crippen molar-refractivity contribution in [2.24, 2.45) is 0 Å². The Bertz CT molecular complexity index is 461. The van der Waals surface area contributed by atoms with Crippen LogP contribution in [0.3, 0.4) is 0 Å². The zero-order valence-electron chi connectivity index (χ0n) is 8.94. The van der Waals surface area contributed by atoms with E-state index in [1.807, 2.05) is 0 Å². The summed E-state index contributed by atoms with van der Waals surface area (Å²) in [7, 11) is -1.82. The van der Waals surface area contributed by atoms with Crippen molar-refractivity contribution in [1.82, 2.24) is 19.7 Å². The minimum atomic E-state index is -3.19. The topological polar surface area (TPSA) is 96.9 Å². The molecule has 0 fully saturated rings. The smallest absolute Gasteiger partial charge is 0.228 e. The van der Waals surface area contributed by atoms with Gasteiger partial charge >= 0.3 is 0 Å². The van der Waals surface area contributed by atoms with Crippen LogP contribution in [0.5, 0.6) is 0 Å². The quantitative estimate of drug-likeness (QED) is 0.744. The summed E-state index contributed by atoms with van der Waals surface area (Å²) in [6, 6.07) is 0. The molecule has 1 aromatic heterocycles. The molecule has 0 aliphatic rings. The van der Waals surface area contributed by atoms with Gasteiger partial charge in [0.15, 0.2) is 0 Å². The average Bonchev–Trinajstić information content (AvgIpc) is 2.23. The summed E-state index contributed by atoms with van der Waals surface area (Å²) in [6.07, 6.45) is 0.407. The van der Waals surface area contributed by atoms with Gasteiger partial charge in [-0.25, -0.2) is 13.1 Å². The van der Waals surface area contributed by atoms with E-state index in [1.54, 1.807) is 0 Å². The molecule has 0 saturated carbocycles. The SMILES string of the molecule is CNS(=O)(=O)CCCNc1nc(Cl)nc(Cl)n1. The number of hydrogen-bond acceptors (Lipinski definition) is 6. The van der Waals surface area contributed by atoms with E-state index in [4.69, 9.17) is 23.2 Å². The molecule has 0 aliphatic carbocycles. The molecule has 1 rings (SSSR count). The summed E-state index contributed by atoms with van der Waals surface area (Å²) in [5.41, 5.74) is 0. The molecule has 0 saturated heterocycles. The molecule has 7 nitrogen and oxygen atoms in total. The van der Waals surface area contributed by atoms with Crippen LogP contribution >= 0.6 is 23.2 Å². The zero-order valence-corrected chi connectivity index (χ0v) is 11.3. The maximum Gasteiger partial charge on any atom is 0.228 e. The summed E-state index contributed by atoms with van der Waals surface area (Å²) in [5.74, 6) is 0.236. The lowest BCUT2D eigenvalue weighted by atomic mass is 10.5. The van der Waals surface area contributed by atoms with E-state index in [-0.39, 0.29) is 22.3 Å². The van der Waals surface area contributed by atoms with Gasteiger partial charge in [0.25, 0.3) is 0 Å². The summed E-state index contributed by atoms with van der Waals surface area (Å²) in [4.78, 5) is 11.1. The third-order valence-corrected chi connectivity index (χ3v) is 3.55. The number of anilines is 1. The Morgan fingerprint density at radius 1 is 1.18 bits per heavy atom. The Balaban J connectivity index is 2.41. The standard InChI is InChI=1S/C7H11Cl2N5O2S/c1-10-17(15,16)4-2-3-11-7-13-5(8)12-6(9)14-7/h10H,2-4H2,1H3,(H,11,12,13,14). The molecule has 96 valence electrons. The maximum absolute atomic E-state index is 11.1. The summed E-state index contributed by atoms with van der Waals surface area (Å²) < 4.78 is 24.4. The first-order valence-corrected chi connectivity index (χ1v) is 7.06. The highest BCUT2D eigenvalue weighted by atomic mass is 35.5. The molecule has 17 heavy (non-hydrogen) atoms. The second kappa shape index (κ2) is 6.29. The number of halogens is 2. The second-order valence-electron chi connectivity index (χ2n) is 3.00. The Morgan fingerprint density at radius 3 is 2.29 bits per heavy atom.